The summed E-state index contributed by atoms with van der Waals surface area (Å²) in [5, 5.41) is 11.6. The van der Waals surface area contributed by atoms with Crippen molar-refractivity contribution in [3.63, 3.8) is 0 Å². The van der Waals surface area contributed by atoms with E-state index in [0.717, 1.165) is 5.69 Å². The van der Waals surface area contributed by atoms with Crippen LogP contribution in [0, 0.1) is 6.92 Å². The normalized spacial score (nSPS) is 11.3. The Morgan fingerprint density at radius 2 is 2.25 bits per heavy atom. The zero-order valence-corrected chi connectivity index (χ0v) is 11.0. The van der Waals surface area contributed by atoms with Gasteiger partial charge in [0.2, 0.25) is 0 Å². The monoisotopic (exact) mass is 273 g/mol. The molecule has 3 N–H and O–H groups in total. The Hall–Kier alpha value is -2.70. The van der Waals surface area contributed by atoms with Gasteiger partial charge >= 0.3 is 6.01 Å². The van der Waals surface area contributed by atoms with Crippen molar-refractivity contribution >= 4 is 5.84 Å². The van der Waals surface area contributed by atoms with Crippen LogP contribution in [0.1, 0.15) is 17.1 Å². The van der Waals surface area contributed by atoms with E-state index in [9.17, 15) is 0 Å². The quantitative estimate of drug-likeness (QED) is 0.363. The van der Waals surface area contributed by atoms with E-state index in [4.69, 9.17) is 15.7 Å². The highest BCUT2D eigenvalue weighted by molar-refractivity contribution is 5.95. The van der Waals surface area contributed by atoms with Gasteiger partial charge in [-0.1, -0.05) is 11.2 Å². The number of aromatic nitrogens is 3. The molecule has 2 aromatic heterocycles. The van der Waals surface area contributed by atoms with E-state index in [1.54, 1.807) is 19.2 Å². The number of nitrogens with zero attached hydrogens (tertiary/aromatic N) is 4. The summed E-state index contributed by atoms with van der Waals surface area (Å²) in [5.74, 6) is -0.0786. The lowest BCUT2D eigenvalue weighted by molar-refractivity contribution is 0.293. The second-order valence-corrected chi connectivity index (χ2v) is 4.08. The van der Waals surface area contributed by atoms with E-state index in [1.165, 1.54) is 0 Å². The van der Waals surface area contributed by atoms with E-state index in [-0.39, 0.29) is 11.8 Å². The van der Waals surface area contributed by atoms with E-state index in [0.29, 0.717) is 24.4 Å². The fourth-order valence-electron chi connectivity index (χ4n) is 1.58. The highest BCUT2D eigenvalue weighted by atomic mass is 16.5. The van der Waals surface area contributed by atoms with Crippen LogP contribution in [-0.2, 0) is 6.42 Å². The Morgan fingerprint density at radius 3 is 2.95 bits per heavy atom. The van der Waals surface area contributed by atoms with E-state index in [1.807, 2.05) is 18.2 Å². The molecule has 0 spiro atoms. The lowest BCUT2D eigenvalue weighted by Gasteiger charge is -2.06. The molecule has 0 aliphatic carbocycles. The lowest BCUT2D eigenvalue weighted by atomic mass is 10.3. The molecule has 0 aromatic carbocycles. The van der Waals surface area contributed by atoms with Crippen LogP contribution in [0.2, 0.25) is 0 Å². The Balaban J connectivity index is 2.01. The van der Waals surface area contributed by atoms with Gasteiger partial charge in [0.1, 0.15) is 5.69 Å². The first-order valence-corrected chi connectivity index (χ1v) is 6.05. The predicted octanol–water partition coefficient (Wildman–Crippen LogP) is 0.896. The summed E-state index contributed by atoms with van der Waals surface area (Å²) >= 11 is 0. The number of rotatable bonds is 5. The Labute approximate surface area is 116 Å². The molecule has 2 aromatic rings. The van der Waals surface area contributed by atoms with Gasteiger partial charge in [-0.3, -0.25) is 4.98 Å². The van der Waals surface area contributed by atoms with Crippen LogP contribution in [0.5, 0.6) is 6.01 Å². The molecular formula is C13H15N5O2. The van der Waals surface area contributed by atoms with Crippen molar-refractivity contribution in [2.45, 2.75) is 13.3 Å². The molecule has 20 heavy (non-hydrogen) atoms. The molecule has 0 amide bonds. The summed E-state index contributed by atoms with van der Waals surface area (Å²) in [4.78, 5) is 12.4. The number of amidine groups is 1. The molecule has 7 heteroatoms. The largest absolute Gasteiger partial charge is 0.463 e. The fourth-order valence-corrected chi connectivity index (χ4v) is 1.58. The predicted molar refractivity (Wildman–Crippen MR) is 72.7 cm³/mol. The summed E-state index contributed by atoms with van der Waals surface area (Å²) in [7, 11) is 0. The van der Waals surface area contributed by atoms with E-state index in [2.05, 4.69) is 20.1 Å². The highest BCUT2D eigenvalue weighted by Crippen LogP contribution is 2.07. The number of ether oxygens (including phenoxy) is 1. The van der Waals surface area contributed by atoms with Gasteiger partial charge in [0.05, 0.1) is 6.61 Å². The lowest BCUT2D eigenvalue weighted by Crippen LogP contribution is -2.17. The molecule has 104 valence electrons. The average Bonchev–Trinajstić information content (AvgIpc) is 2.47. The first kappa shape index (κ1) is 13.7. The molecule has 2 heterocycles. The van der Waals surface area contributed by atoms with Crippen molar-refractivity contribution in [3.8, 4) is 6.01 Å². The van der Waals surface area contributed by atoms with E-state index >= 15 is 0 Å². The van der Waals surface area contributed by atoms with Crippen LogP contribution in [0.4, 0.5) is 0 Å². The van der Waals surface area contributed by atoms with Crippen molar-refractivity contribution in [3.05, 3.63) is 47.5 Å². The second-order valence-electron chi connectivity index (χ2n) is 4.08. The van der Waals surface area contributed by atoms with Crippen LogP contribution in [0.25, 0.3) is 0 Å². The molecular weight excluding hydrogens is 258 g/mol. The summed E-state index contributed by atoms with van der Waals surface area (Å²) in [5.41, 5.74) is 7.43. The first-order chi connectivity index (χ1) is 9.69. The topological polar surface area (TPSA) is 107 Å². The van der Waals surface area contributed by atoms with Crippen LogP contribution in [-0.4, -0.2) is 32.6 Å². The van der Waals surface area contributed by atoms with Crippen molar-refractivity contribution in [1.82, 2.24) is 15.0 Å². The third kappa shape index (κ3) is 3.64. The van der Waals surface area contributed by atoms with Gasteiger partial charge in [-0.15, -0.1) is 0 Å². The van der Waals surface area contributed by atoms with Gasteiger partial charge in [0, 0.05) is 24.0 Å². The molecule has 0 saturated heterocycles. The van der Waals surface area contributed by atoms with Gasteiger partial charge in [-0.25, -0.2) is 4.98 Å². The molecule has 0 aliphatic heterocycles. The van der Waals surface area contributed by atoms with Crippen LogP contribution in [0.15, 0.2) is 35.6 Å². The number of aryl methyl sites for hydroxylation is 1. The number of pyridine rings is 1. The molecule has 0 bridgehead atoms. The molecule has 0 saturated carbocycles. The number of nitrogens with two attached hydrogens (primary N) is 1. The van der Waals surface area contributed by atoms with Gasteiger partial charge in [0.25, 0.3) is 0 Å². The van der Waals surface area contributed by atoms with Crippen LogP contribution < -0.4 is 10.5 Å². The molecule has 0 atom stereocenters. The maximum Gasteiger partial charge on any atom is 0.317 e. The molecule has 7 nitrogen and oxygen atoms in total. The maximum atomic E-state index is 8.65. The van der Waals surface area contributed by atoms with E-state index < -0.39 is 0 Å². The van der Waals surface area contributed by atoms with Crippen LogP contribution in [0.3, 0.4) is 0 Å². The molecule has 0 aliphatic rings. The molecule has 0 radical (unpaired) electrons. The smallest absolute Gasteiger partial charge is 0.317 e. The highest BCUT2D eigenvalue weighted by Gasteiger charge is 2.07. The zero-order chi connectivity index (χ0) is 14.4. The van der Waals surface area contributed by atoms with Crippen LogP contribution >= 0.6 is 0 Å². The summed E-state index contributed by atoms with van der Waals surface area (Å²) in [6, 6.07) is 7.50. The minimum Gasteiger partial charge on any atom is -0.463 e. The van der Waals surface area contributed by atoms with Gasteiger partial charge in [-0.2, -0.15) is 4.98 Å². The van der Waals surface area contributed by atoms with Crippen molar-refractivity contribution < 1.29 is 9.94 Å². The van der Waals surface area contributed by atoms with Crippen molar-refractivity contribution in [2.24, 2.45) is 10.9 Å². The molecule has 0 unspecified atom stereocenters. The third-order valence-electron chi connectivity index (χ3n) is 2.52. The van der Waals surface area contributed by atoms with Crippen molar-refractivity contribution in [1.29, 1.82) is 0 Å². The molecule has 0 fully saturated rings. The zero-order valence-electron chi connectivity index (χ0n) is 11.0. The van der Waals surface area contributed by atoms with Gasteiger partial charge < -0.3 is 15.7 Å². The number of hydrogen-bond donors (Lipinski definition) is 2. The maximum absolute atomic E-state index is 8.65. The summed E-state index contributed by atoms with van der Waals surface area (Å²) in [6.07, 6.45) is 2.38. The summed E-state index contributed by atoms with van der Waals surface area (Å²) in [6.45, 7) is 2.18. The Morgan fingerprint density at radius 1 is 1.40 bits per heavy atom. The minimum atomic E-state index is -0.0786. The standard InChI is InChI=1S/C13H15N5O2/c1-9-8-11(12(14)18-19)17-13(16-9)20-7-5-10-4-2-3-6-15-10/h2-4,6,8,19H,5,7H2,1H3,(H2,14,18). The third-order valence-corrected chi connectivity index (χ3v) is 2.52. The SMILES string of the molecule is Cc1cc(/C(N)=N/O)nc(OCCc2ccccn2)n1. The number of oxime groups is 1. The van der Waals surface area contributed by atoms with Crippen molar-refractivity contribution in [2.75, 3.05) is 6.61 Å². The fraction of sp³-hybridized carbons (Fsp3) is 0.231. The first-order valence-electron chi connectivity index (χ1n) is 6.05. The number of hydrogen-bond acceptors (Lipinski definition) is 6. The Kier molecular flexibility index (Phi) is 4.43. The summed E-state index contributed by atoms with van der Waals surface area (Å²) < 4.78 is 5.47. The average molecular weight is 273 g/mol. The minimum absolute atomic E-state index is 0.0786. The van der Waals surface area contributed by atoms with Gasteiger partial charge in [-0.05, 0) is 25.1 Å². The second kappa shape index (κ2) is 6.46. The van der Waals surface area contributed by atoms with Gasteiger partial charge in [0.15, 0.2) is 5.84 Å². The molecule has 2 rings (SSSR count). The Bertz CT molecular complexity index is 601.